The van der Waals surface area contributed by atoms with Gasteiger partial charge in [-0.15, -0.1) is 0 Å². The zero-order valence-electron chi connectivity index (χ0n) is 17.2. The standard InChI is InChI=1S/C25H25N5/c1-19-8-10-20(11-9-19)15-30-17-21-16-29(14-12-22(21)26-18-30)13-4-7-25-27-23-5-2-3-6-24(23)28-25/h2-3,5-6,8-11,18H,12-17H2,1H3,(H,27,28). The summed E-state index contributed by atoms with van der Waals surface area (Å²) in [5.74, 6) is 7.21. The number of aromatic nitrogens is 2. The minimum absolute atomic E-state index is 0.736. The van der Waals surface area contributed by atoms with Crippen molar-refractivity contribution in [1.29, 1.82) is 0 Å². The number of hydrogen-bond donors (Lipinski definition) is 1. The quantitative estimate of drug-likeness (QED) is 0.688. The molecule has 2 aliphatic rings. The topological polar surface area (TPSA) is 47.5 Å². The molecule has 0 saturated carbocycles. The molecule has 0 radical (unpaired) electrons. The Morgan fingerprint density at radius 1 is 1.07 bits per heavy atom. The van der Waals surface area contributed by atoms with Gasteiger partial charge in [-0.25, -0.2) is 9.98 Å². The lowest BCUT2D eigenvalue weighted by Gasteiger charge is -2.33. The first kappa shape index (κ1) is 18.7. The molecule has 5 nitrogen and oxygen atoms in total. The number of nitrogens with zero attached hydrogens (tertiary/aromatic N) is 4. The van der Waals surface area contributed by atoms with Crippen molar-refractivity contribution in [3.63, 3.8) is 0 Å². The number of H-pyrrole nitrogens is 1. The largest absolute Gasteiger partial charge is 0.354 e. The third-order valence-corrected chi connectivity index (χ3v) is 5.66. The molecule has 0 bridgehead atoms. The normalized spacial score (nSPS) is 16.5. The highest BCUT2D eigenvalue weighted by Crippen LogP contribution is 2.23. The van der Waals surface area contributed by atoms with Crippen LogP contribution >= 0.6 is 0 Å². The number of imidazole rings is 1. The van der Waals surface area contributed by atoms with E-state index in [1.165, 1.54) is 22.4 Å². The lowest BCUT2D eigenvalue weighted by atomic mass is 10.0. The van der Waals surface area contributed by atoms with Gasteiger partial charge in [0, 0.05) is 38.3 Å². The van der Waals surface area contributed by atoms with Crippen LogP contribution in [0.1, 0.15) is 23.4 Å². The van der Waals surface area contributed by atoms with Crippen LogP contribution in [0.4, 0.5) is 0 Å². The van der Waals surface area contributed by atoms with E-state index >= 15 is 0 Å². The van der Waals surface area contributed by atoms with Gasteiger partial charge >= 0.3 is 0 Å². The summed E-state index contributed by atoms with van der Waals surface area (Å²) in [7, 11) is 0. The van der Waals surface area contributed by atoms with E-state index in [9.17, 15) is 0 Å². The Labute approximate surface area is 177 Å². The minimum Gasteiger partial charge on any atom is -0.354 e. The smallest absolute Gasteiger partial charge is 0.183 e. The fourth-order valence-electron chi connectivity index (χ4n) is 4.02. The van der Waals surface area contributed by atoms with Gasteiger partial charge in [0.05, 0.1) is 23.9 Å². The van der Waals surface area contributed by atoms with Gasteiger partial charge in [-0.05, 0) is 36.1 Å². The van der Waals surface area contributed by atoms with E-state index in [1.54, 1.807) is 0 Å². The van der Waals surface area contributed by atoms with Gasteiger partial charge in [0.1, 0.15) is 0 Å². The molecule has 2 aromatic carbocycles. The molecule has 0 amide bonds. The molecule has 3 heterocycles. The maximum absolute atomic E-state index is 4.74. The second kappa shape index (κ2) is 8.17. The molecule has 0 fully saturated rings. The van der Waals surface area contributed by atoms with Gasteiger partial charge in [-0.3, -0.25) is 4.90 Å². The number of hydrogen-bond acceptors (Lipinski definition) is 4. The highest BCUT2D eigenvalue weighted by atomic mass is 15.2. The van der Waals surface area contributed by atoms with Crippen molar-refractivity contribution >= 4 is 17.4 Å². The van der Waals surface area contributed by atoms with Crippen LogP contribution in [0.15, 0.2) is 64.8 Å². The minimum atomic E-state index is 0.736. The summed E-state index contributed by atoms with van der Waals surface area (Å²) < 4.78 is 0. The highest BCUT2D eigenvalue weighted by molar-refractivity contribution is 5.75. The molecule has 0 spiro atoms. The molecule has 1 aromatic heterocycles. The summed E-state index contributed by atoms with van der Waals surface area (Å²) in [5, 5.41) is 0. The molecule has 30 heavy (non-hydrogen) atoms. The molecule has 5 heteroatoms. The van der Waals surface area contributed by atoms with Crippen LogP contribution in [0.5, 0.6) is 0 Å². The summed E-state index contributed by atoms with van der Waals surface area (Å²) in [6, 6.07) is 16.8. The Morgan fingerprint density at radius 2 is 1.93 bits per heavy atom. The predicted molar refractivity (Wildman–Crippen MR) is 121 cm³/mol. The number of aryl methyl sites for hydroxylation is 1. The number of para-hydroxylation sites is 2. The second-order valence-electron chi connectivity index (χ2n) is 8.05. The maximum atomic E-state index is 4.74. The summed E-state index contributed by atoms with van der Waals surface area (Å²) in [6.07, 6.45) is 3.01. The van der Waals surface area contributed by atoms with Crippen LogP contribution in [-0.2, 0) is 6.54 Å². The molecule has 0 atom stereocenters. The van der Waals surface area contributed by atoms with E-state index in [4.69, 9.17) is 4.99 Å². The van der Waals surface area contributed by atoms with E-state index in [0.717, 1.165) is 56.0 Å². The third kappa shape index (κ3) is 4.14. The van der Waals surface area contributed by atoms with E-state index in [-0.39, 0.29) is 0 Å². The van der Waals surface area contributed by atoms with E-state index in [0.29, 0.717) is 0 Å². The van der Waals surface area contributed by atoms with Crippen molar-refractivity contribution in [2.24, 2.45) is 4.99 Å². The van der Waals surface area contributed by atoms with Gasteiger partial charge in [0.25, 0.3) is 0 Å². The van der Waals surface area contributed by atoms with Crippen LogP contribution in [0.2, 0.25) is 0 Å². The summed E-state index contributed by atoms with van der Waals surface area (Å²) in [6.45, 7) is 6.65. The van der Waals surface area contributed by atoms with Crippen LogP contribution < -0.4 is 0 Å². The zero-order valence-corrected chi connectivity index (χ0v) is 17.2. The monoisotopic (exact) mass is 395 g/mol. The molecule has 0 unspecified atom stereocenters. The Balaban J connectivity index is 1.20. The first-order valence-electron chi connectivity index (χ1n) is 10.4. The maximum Gasteiger partial charge on any atom is 0.183 e. The van der Waals surface area contributed by atoms with Gasteiger partial charge in [0.2, 0.25) is 0 Å². The molecule has 1 N–H and O–H groups in total. The SMILES string of the molecule is Cc1ccc(CN2C=NC3=C(C2)CN(CC#Cc2nc4ccccc4[nH]2)CC3)cc1. The van der Waals surface area contributed by atoms with Crippen molar-refractivity contribution in [3.05, 3.63) is 76.8 Å². The Morgan fingerprint density at radius 3 is 2.80 bits per heavy atom. The number of benzene rings is 2. The van der Waals surface area contributed by atoms with Crippen molar-refractivity contribution < 1.29 is 0 Å². The molecule has 150 valence electrons. The average Bonchev–Trinajstić information content (AvgIpc) is 3.18. The highest BCUT2D eigenvalue weighted by Gasteiger charge is 2.22. The number of fused-ring (bicyclic) bond motifs is 1. The van der Waals surface area contributed by atoms with Gasteiger partial charge in [0.15, 0.2) is 5.82 Å². The van der Waals surface area contributed by atoms with Gasteiger partial charge in [-0.1, -0.05) is 47.9 Å². The van der Waals surface area contributed by atoms with E-state index < -0.39 is 0 Å². The summed E-state index contributed by atoms with van der Waals surface area (Å²) in [4.78, 5) is 17.2. The lowest BCUT2D eigenvalue weighted by molar-refractivity contribution is 0.300. The molecule has 3 aromatic rings. The number of nitrogens with one attached hydrogen (secondary N) is 1. The first-order chi connectivity index (χ1) is 14.7. The van der Waals surface area contributed by atoms with Crippen molar-refractivity contribution in [2.45, 2.75) is 19.9 Å². The Hall–Kier alpha value is -3.36. The fourth-order valence-corrected chi connectivity index (χ4v) is 4.02. The average molecular weight is 396 g/mol. The van der Waals surface area contributed by atoms with Crippen LogP contribution in [0.3, 0.4) is 0 Å². The van der Waals surface area contributed by atoms with Crippen LogP contribution in [-0.4, -0.2) is 52.3 Å². The molecular weight excluding hydrogens is 370 g/mol. The number of rotatable bonds is 3. The van der Waals surface area contributed by atoms with Crippen LogP contribution in [0, 0.1) is 18.8 Å². The molecule has 2 aliphatic heterocycles. The van der Waals surface area contributed by atoms with Crippen molar-refractivity contribution in [3.8, 4) is 11.8 Å². The Bertz CT molecular complexity index is 1140. The Kier molecular flexibility index (Phi) is 5.08. The van der Waals surface area contributed by atoms with Crippen molar-refractivity contribution in [1.82, 2.24) is 19.8 Å². The molecule has 5 rings (SSSR count). The molecule has 0 aliphatic carbocycles. The first-order valence-corrected chi connectivity index (χ1v) is 10.4. The number of aliphatic imine (C=N–C) groups is 1. The summed E-state index contributed by atoms with van der Waals surface area (Å²) in [5.41, 5.74) is 7.29. The molecule has 0 saturated heterocycles. The summed E-state index contributed by atoms with van der Waals surface area (Å²) >= 11 is 0. The lowest BCUT2D eigenvalue weighted by Crippen LogP contribution is -2.38. The van der Waals surface area contributed by atoms with E-state index in [2.05, 4.69) is 62.8 Å². The van der Waals surface area contributed by atoms with Gasteiger partial charge < -0.3 is 9.88 Å². The fraction of sp³-hybridized carbons (Fsp3) is 0.280. The zero-order chi connectivity index (χ0) is 20.3. The third-order valence-electron chi connectivity index (χ3n) is 5.66. The van der Waals surface area contributed by atoms with Gasteiger partial charge in [-0.2, -0.15) is 0 Å². The number of aromatic amines is 1. The predicted octanol–water partition coefficient (Wildman–Crippen LogP) is 3.73. The molecular formula is C25H25N5. The van der Waals surface area contributed by atoms with Crippen molar-refractivity contribution in [2.75, 3.05) is 26.2 Å². The second-order valence-corrected chi connectivity index (χ2v) is 8.05. The van der Waals surface area contributed by atoms with E-state index in [1.807, 2.05) is 30.6 Å². The van der Waals surface area contributed by atoms with Crippen LogP contribution in [0.25, 0.3) is 11.0 Å².